The fraction of sp³-hybridized carbons (Fsp3) is 0.815. The van der Waals surface area contributed by atoms with Gasteiger partial charge in [0.2, 0.25) is 5.91 Å². The Kier molecular flexibility index (Phi) is 53.4. The number of allylic oxidation sites excluding steroid dienone is 9. The lowest BCUT2D eigenvalue weighted by Crippen LogP contribution is -2.47. The van der Waals surface area contributed by atoms with Crippen molar-refractivity contribution in [3.8, 4) is 0 Å². The third-order valence-electron chi connectivity index (χ3n) is 14.0. The molecule has 0 fully saturated rings. The third-order valence-corrected chi connectivity index (χ3v) is 14.9. The van der Waals surface area contributed by atoms with Gasteiger partial charge in [-0.25, -0.2) is 0 Å². The average molecular weight is 1070 g/mol. The summed E-state index contributed by atoms with van der Waals surface area (Å²) in [5.41, 5.74) is 0. The van der Waals surface area contributed by atoms with Crippen molar-refractivity contribution < 1.29 is 37.3 Å². The van der Waals surface area contributed by atoms with E-state index in [1.807, 2.05) is 33.3 Å². The summed E-state index contributed by atoms with van der Waals surface area (Å²) in [7, 11) is 1.18. The number of ether oxygens (including phenoxy) is 1. The summed E-state index contributed by atoms with van der Waals surface area (Å²) < 4.78 is 30.3. The second-order valence-corrected chi connectivity index (χ2v) is 24.0. The van der Waals surface area contributed by atoms with Crippen molar-refractivity contribution >= 4 is 19.7 Å². The van der Waals surface area contributed by atoms with Crippen LogP contribution in [0.5, 0.6) is 0 Å². The smallest absolute Gasteiger partial charge is 0.306 e. The summed E-state index contributed by atoms with van der Waals surface area (Å²) in [4.78, 5) is 40.0. The molecule has 0 saturated heterocycles. The number of quaternary nitrogens is 1. The van der Waals surface area contributed by atoms with Crippen molar-refractivity contribution in [2.75, 3.05) is 40.9 Å². The lowest BCUT2D eigenvalue weighted by Gasteiger charge is -2.30. The van der Waals surface area contributed by atoms with Gasteiger partial charge in [-0.2, -0.15) is 0 Å². The van der Waals surface area contributed by atoms with E-state index in [0.717, 1.165) is 89.9 Å². The highest BCUT2D eigenvalue weighted by Gasteiger charge is 2.27. The van der Waals surface area contributed by atoms with Gasteiger partial charge < -0.3 is 28.5 Å². The Labute approximate surface area is 464 Å². The maximum atomic E-state index is 13.5. The first-order valence-corrected chi connectivity index (χ1v) is 33.1. The molecule has 0 rings (SSSR count). The predicted octanol–water partition coefficient (Wildman–Crippen LogP) is 18.8. The van der Waals surface area contributed by atoms with E-state index in [1.54, 1.807) is 0 Å². The standard InChI is InChI=1S/C65H121N2O7P/c1-7-10-13-16-19-22-25-28-29-30-31-32-33-34-35-36-37-40-43-46-49-52-55-58-65(69)74-63(56-53-50-47-44-41-38-26-23-20-17-14-11-8-2)62(61-73-75(70,71)72-60-59-67(4,5)6)66-64(68)57-54-51-48-45-42-39-27-24-21-18-15-12-9-3/h19,22,28-29,31-32,34-35,53,56,62-63H,7-18,20-21,23-27,30,33,36-52,54-55,57-61H2,1-6H3,(H-,66,68,70,71)/b22-19-,29-28-,32-31-,35-34-,56-53+. The number of rotatable bonds is 57. The monoisotopic (exact) mass is 1070 g/mol. The fourth-order valence-electron chi connectivity index (χ4n) is 9.04. The number of carbonyl (C=O) groups is 2. The lowest BCUT2D eigenvalue weighted by molar-refractivity contribution is -0.870. The second-order valence-electron chi connectivity index (χ2n) is 22.6. The molecule has 438 valence electrons. The van der Waals surface area contributed by atoms with Gasteiger partial charge in [-0.15, -0.1) is 0 Å². The van der Waals surface area contributed by atoms with Gasteiger partial charge in [0.05, 0.1) is 33.8 Å². The maximum Gasteiger partial charge on any atom is 0.306 e. The predicted molar refractivity (Wildman–Crippen MR) is 321 cm³/mol. The molecular weight excluding hydrogens is 952 g/mol. The molecule has 0 heterocycles. The zero-order chi connectivity index (χ0) is 55.0. The number of phosphoric ester groups is 1. The van der Waals surface area contributed by atoms with E-state index in [4.69, 9.17) is 13.8 Å². The van der Waals surface area contributed by atoms with Crippen molar-refractivity contribution in [2.45, 2.75) is 303 Å². The zero-order valence-electron chi connectivity index (χ0n) is 50.0. The topological polar surface area (TPSA) is 114 Å². The van der Waals surface area contributed by atoms with Gasteiger partial charge in [0.15, 0.2) is 0 Å². The first-order valence-electron chi connectivity index (χ1n) is 31.6. The van der Waals surface area contributed by atoms with Crippen LogP contribution in [0.2, 0.25) is 0 Å². The van der Waals surface area contributed by atoms with Gasteiger partial charge >= 0.3 is 5.97 Å². The van der Waals surface area contributed by atoms with Crippen molar-refractivity contribution in [3.05, 3.63) is 60.8 Å². The summed E-state index contributed by atoms with van der Waals surface area (Å²) in [5.74, 6) is -0.545. The van der Waals surface area contributed by atoms with Crippen LogP contribution in [0.4, 0.5) is 0 Å². The van der Waals surface area contributed by atoms with Crippen LogP contribution in [0.1, 0.15) is 290 Å². The number of amides is 1. The van der Waals surface area contributed by atoms with Crippen molar-refractivity contribution in [1.29, 1.82) is 0 Å². The Morgan fingerprint density at radius 1 is 0.467 bits per heavy atom. The van der Waals surface area contributed by atoms with Crippen LogP contribution in [0.3, 0.4) is 0 Å². The molecule has 10 heteroatoms. The zero-order valence-corrected chi connectivity index (χ0v) is 50.9. The molecule has 0 aliphatic rings. The van der Waals surface area contributed by atoms with Gasteiger partial charge in [-0.05, 0) is 76.7 Å². The molecule has 1 amide bonds. The molecule has 9 nitrogen and oxygen atoms in total. The molecule has 0 aliphatic heterocycles. The Morgan fingerprint density at radius 2 is 0.813 bits per heavy atom. The van der Waals surface area contributed by atoms with Gasteiger partial charge in [-0.3, -0.25) is 14.2 Å². The van der Waals surface area contributed by atoms with E-state index in [9.17, 15) is 19.0 Å². The SMILES string of the molecule is CCCCC/C=C\C/C=C\C/C=C\C/C=C\CCCCCCCCCC(=O)OC(/C=C/CCCCCCCCCCCCC)C(COP(=O)([O-])OCC[N+](C)(C)C)NC(=O)CCCCCCCCCCCCCCC. The fourth-order valence-corrected chi connectivity index (χ4v) is 9.76. The lowest BCUT2D eigenvalue weighted by atomic mass is 10.0. The highest BCUT2D eigenvalue weighted by atomic mass is 31.2. The van der Waals surface area contributed by atoms with Gasteiger partial charge in [0, 0.05) is 12.8 Å². The number of hydrogen-bond donors (Lipinski definition) is 1. The van der Waals surface area contributed by atoms with Crippen LogP contribution < -0.4 is 10.2 Å². The Balaban J connectivity index is 5.23. The molecular formula is C65H121N2O7P. The van der Waals surface area contributed by atoms with Crippen LogP contribution in [0.15, 0.2) is 60.8 Å². The van der Waals surface area contributed by atoms with Crippen molar-refractivity contribution in [3.63, 3.8) is 0 Å². The van der Waals surface area contributed by atoms with E-state index in [2.05, 4.69) is 74.7 Å². The minimum Gasteiger partial charge on any atom is -0.756 e. The van der Waals surface area contributed by atoms with Crippen molar-refractivity contribution in [2.24, 2.45) is 0 Å². The first-order chi connectivity index (χ1) is 36.4. The minimum absolute atomic E-state index is 0.0241. The molecule has 0 radical (unpaired) electrons. The normalized spacial score (nSPS) is 14.1. The summed E-state index contributed by atoms with van der Waals surface area (Å²) in [5, 5.41) is 3.03. The first kappa shape index (κ1) is 72.7. The largest absolute Gasteiger partial charge is 0.756 e. The van der Waals surface area contributed by atoms with E-state index in [1.165, 1.54) is 167 Å². The number of phosphoric acid groups is 1. The molecule has 75 heavy (non-hydrogen) atoms. The average Bonchev–Trinajstić information content (AvgIpc) is 3.37. The highest BCUT2D eigenvalue weighted by Crippen LogP contribution is 2.38. The molecule has 3 unspecified atom stereocenters. The van der Waals surface area contributed by atoms with Crippen LogP contribution in [-0.4, -0.2) is 69.4 Å². The summed E-state index contributed by atoms with van der Waals surface area (Å²) in [6.07, 6.45) is 68.9. The van der Waals surface area contributed by atoms with Gasteiger partial charge in [-0.1, -0.05) is 262 Å². The summed E-state index contributed by atoms with van der Waals surface area (Å²) >= 11 is 0. The number of carbonyl (C=O) groups excluding carboxylic acids is 2. The maximum absolute atomic E-state index is 13.5. The van der Waals surface area contributed by atoms with Crippen LogP contribution >= 0.6 is 7.82 Å². The number of nitrogens with one attached hydrogen (secondary N) is 1. The summed E-state index contributed by atoms with van der Waals surface area (Å²) in [6.45, 7) is 6.83. The van der Waals surface area contributed by atoms with Crippen LogP contribution in [-0.2, 0) is 27.9 Å². The molecule has 0 saturated carbocycles. The molecule has 0 aliphatic carbocycles. The summed E-state index contributed by atoms with van der Waals surface area (Å²) in [6, 6.07) is -0.891. The minimum atomic E-state index is -4.70. The number of esters is 1. The molecule has 0 bridgehead atoms. The highest BCUT2D eigenvalue weighted by molar-refractivity contribution is 7.45. The van der Waals surface area contributed by atoms with Crippen LogP contribution in [0.25, 0.3) is 0 Å². The van der Waals surface area contributed by atoms with E-state index in [-0.39, 0.29) is 24.9 Å². The Bertz CT molecular complexity index is 1470. The molecule has 1 N–H and O–H groups in total. The molecule has 0 aromatic carbocycles. The quantitative estimate of drug-likeness (QED) is 0.0212. The van der Waals surface area contributed by atoms with Crippen molar-refractivity contribution in [1.82, 2.24) is 5.32 Å². The Morgan fingerprint density at radius 3 is 1.24 bits per heavy atom. The van der Waals surface area contributed by atoms with Crippen LogP contribution in [0, 0.1) is 0 Å². The molecule has 3 atom stereocenters. The Hall–Kier alpha value is -2.29. The molecule has 0 aromatic rings. The van der Waals surface area contributed by atoms with Gasteiger partial charge in [0.1, 0.15) is 19.3 Å². The number of nitrogens with zero attached hydrogens (tertiary/aromatic N) is 1. The second kappa shape index (κ2) is 55.0. The third kappa shape index (κ3) is 56.2. The molecule has 0 spiro atoms. The number of unbranched alkanes of at least 4 members (excludes halogenated alkanes) is 33. The van der Waals surface area contributed by atoms with E-state index >= 15 is 0 Å². The molecule has 0 aromatic heterocycles. The van der Waals surface area contributed by atoms with Gasteiger partial charge in [0.25, 0.3) is 7.82 Å². The van der Waals surface area contributed by atoms with E-state index in [0.29, 0.717) is 17.4 Å². The van der Waals surface area contributed by atoms with E-state index < -0.39 is 26.6 Å². The number of likely N-dealkylation sites (N-methyl/N-ethyl adjacent to an activating group) is 1. The number of hydrogen-bond acceptors (Lipinski definition) is 7.